The maximum Gasteiger partial charge on any atom is 0.354 e. The number of fused-ring (bicyclic) bond motifs is 1. The average molecular weight is 411 g/mol. The van der Waals surface area contributed by atoms with Crippen LogP contribution in [0.15, 0.2) is 65.7 Å². The van der Waals surface area contributed by atoms with Crippen LogP contribution in [0.2, 0.25) is 0 Å². The van der Waals surface area contributed by atoms with Gasteiger partial charge in [0, 0.05) is 10.2 Å². The smallest absolute Gasteiger partial charge is 0.334 e. The van der Waals surface area contributed by atoms with Gasteiger partial charge in [0.1, 0.15) is 12.7 Å². The summed E-state index contributed by atoms with van der Waals surface area (Å²) < 4.78 is 2.49. The van der Waals surface area contributed by atoms with Crippen LogP contribution in [0.1, 0.15) is 0 Å². The minimum Gasteiger partial charge on any atom is -0.334 e. The Kier molecular flexibility index (Phi) is 4.05. The van der Waals surface area contributed by atoms with Crippen molar-refractivity contribution < 1.29 is 4.92 Å². The van der Waals surface area contributed by atoms with Crippen LogP contribution in [0.5, 0.6) is 0 Å². The van der Waals surface area contributed by atoms with Gasteiger partial charge < -0.3 is 5.32 Å². The summed E-state index contributed by atoms with van der Waals surface area (Å²) in [5.74, 6) is 0.262. The van der Waals surface area contributed by atoms with Gasteiger partial charge in [-0.05, 0) is 36.4 Å². The van der Waals surface area contributed by atoms with Gasteiger partial charge in [-0.15, -0.1) is 0 Å². The van der Waals surface area contributed by atoms with Crippen molar-refractivity contribution in [2.24, 2.45) is 0 Å². The largest absolute Gasteiger partial charge is 0.354 e. The Morgan fingerprint density at radius 2 is 1.81 bits per heavy atom. The Morgan fingerprint density at radius 3 is 2.58 bits per heavy atom. The standard InChI is InChI=1S/C17H11BrN6O2/c18-11-5-7-12(8-6-11)22-16-15(24(25)26)17(20-9-19-16)23-10-21-13-3-1-2-4-14(13)23/h1-10H,(H,19,20,22). The molecular weight excluding hydrogens is 400 g/mol. The Labute approximate surface area is 155 Å². The summed E-state index contributed by atoms with van der Waals surface area (Å²) >= 11 is 3.36. The molecule has 8 nitrogen and oxygen atoms in total. The number of para-hydroxylation sites is 2. The van der Waals surface area contributed by atoms with Crippen LogP contribution >= 0.6 is 15.9 Å². The molecule has 2 aromatic heterocycles. The molecule has 0 radical (unpaired) electrons. The molecule has 9 heteroatoms. The highest BCUT2D eigenvalue weighted by Gasteiger charge is 2.25. The fourth-order valence-corrected chi connectivity index (χ4v) is 2.87. The Hall–Kier alpha value is -3.33. The van der Waals surface area contributed by atoms with Crippen LogP contribution in [0, 0.1) is 10.1 Å². The van der Waals surface area contributed by atoms with Crippen molar-refractivity contribution >= 4 is 44.2 Å². The Morgan fingerprint density at radius 1 is 1.04 bits per heavy atom. The molecule has 2 aromatic carbocycles. The van der Waals surface area contributed by atoms with Crippen molar-refractivity contribution in [3.05, 3.63) is 75.8 Å². The third kappa shape index (κ3) is 2.88. The quantitative estimate of drug-likeness (QED) is 0.399. The number of nitro groups is 1. The molecule has 0 atom stereocenters. The minimum atomic E-state index is -0.495. The summed E-state index contributed by atoms with van der Waals surface area (Å²) in [5, 5.41) is 14.7. The highest BCUT2D eigenvalue weighted by Crippen LogP contribution is 2.32. The van der Waals surface area contributed by atoms with E-state index in [0.29, 0.717) is 5.69 Å². The highest BCUT2D eigenvalue weighted by molar-refractivity contribution is 9.10. The first-order valence-corrected chi connectivity index (χ1v) is 8.37. The van der Waals surface area contributed by atoms with Crippen LogP contribution in [0.4, 0.5) is 17.2 Å². The molecule has 0 saturated carbocycles. The number of benzene rings is 2. The lowest BCUT2D eigenvalue weighted by molar-refractivity contribution is -0.384. The average Bonchev–Trinajstić information content (AvgIpc) is 3.07. The van der Waals surface area contributed by atoms with Crippen molar-refractivity contribution in [2.45, 2.75) is 0 Å². The van der Waals surface area contributed by atoms with Gasteiger partial charge in [0.2, 0.25) is 11.6 Å². The number of aromatic nitrogens is 4. The van der Waals surface area contributed by atoms with E-state index in [0.717, 1.165) is 15.5 Å². The fourth-order valence-electron chi connectivity index (χ4n) is 2.60. The summed E-state index contributed by atoms with van der Waals surface area (Å²) in [5.41, 5.74) is 1.90. The summed E-state index contributed by atoms with van der Waals surface area (Å²) in [6.45, 7) is 0. The van der Waals surface area contributed by atoms with Crippen LogP contribution < -0.4 is 5.32 Å². The summed E-state index contributed by atoms with van der Waals surface area (Å²) in [4.78, 5) is 23.7. The summed E-state index contributed by atoms with van der Waals surface area (Å²) in [6.07, 6.45) is 2.81. The second kappa shape index (κ2) is 6.52. The second-order valence-electron chi connectivity index (χ2n) is 5.39. The number of hydrogen-bond acceptors (Lipinski definition) is 6. The molecule has 0 amide bonds. The van der Waals surface area contributed by atoms with E-state index in [4.69, 9.17) is 0 Å². The molecule has 0 aliphatic heterocycles. The van der Waals surface area contributed by atoms with Crippen LogP contribution in [-0.2, 0) is 0 Å². The first-order valence-electron chi connectivity index (χ1n) is 7.58. The molecule has 0 bridgehead atoms. The molecule has 0 aliphatic rings. The molecule has 128 valence electrons. The van der Waals surface area contributed by atoms with Gasteiger partial charge in [-0.25, -0.2) is 15.0 Å². The number of halogens is 1. The van der Waals surface area contributed by atoms with E-state index in [1.54, 1.807) is 16.7 Å². The minimum absolute atomic E-state index is 0.111. The van der Waals surface area contributed by atoms with Gasteiger partial charge in [0.25, 0.3) is 0 Å². The molecule has 0 fully saturated rings. The van der Waals surface area contributed by atoms with Gasteiger partial charge >= 0.3 is 5.69 Å². The second-order valence-corrected chi connectivity index (χ2v) is 6.30. The van der Waals surface area contributed by atoms with E-state index in [1.165, 1.54) is 12.7 Å². The third-order valence-electron chi connectivity index (χ3n) is 3.77. The first kappa shape index (κ1) is 16.2. The molecule has 0 aliphatic carbocycles. The first-order chi connectivity index (χ1) is 12.6. The van der Waals surface area contributed by atoms with E-state index in [-0.39, 0.29) is 17.3 Å². The van der Waals surface area contributed by atoms with E-state index >= 15 is 0 Å². The zero-order valence-corrected chi connectivity index (χ0v) is 14.8. The van der Waals surface area contributed by atoms with Gasteiger partial charge in [-0.3, -0.25) is 14.7 Å². The van der Waals surface area contributed by atoms with Crippen LogP contribution in [0.3, 0.4) is 0 Å². The molecule has 0 saturated heterocycles. The van der Waals surface area contributed by atoms with E-state index in [2.05, 4.69) is 36.2 Å². The van der Waals surface area contributed by atoms with Crippen molar-refractivity contribution in [3.8, 4) is 5.82 Å². The van der Waals surface area contributed by atoms with Crippen molar-refractivity contribution in [2.75, 3.05) is 5.32 Å². The van der Waals surface area contributed by atoms with E-state index in [1.807, 2.05) is 36.4 Å². The molecule has 1 N–H and O–H groups in total. The van der Waals surface area contributed by atoms with Crippen LogP contribution in [0.25, 0.3) is 16.9 Å². The van der Waals surface area contributed by atoms with Crippen LogP contribution in [-0.4, -0.2) is 24.4 Å². The van der Waals surface area contributed by atoms with E-state index in [9.17, 15) is 10.1 Å². The number of nitrogens with zero attached hydrogens (tertiary/aromatic N) is 5. The lowest BCUT2D eigenvalue weighted by Gasteiger charge is -2.09. The molecule has 4 aromatic rings. The predicted octanol–water partition coefficient (Wildman–Crippen LogP) is 4.23. The maximum atomic E-state index is 11.8. The zero-order valence-electron chi connectivity index (χ0n) is 13.2. The number of hydrogen-bond donors (Lipinski definition) is 1. The molecular formula is C17H11BrN6O2. The topological polar surface area (TPSA) is 98.8 Å². The van der Waals surface area contributed by atoms with Crippen molar-refractivity contribution in [1.29, 1.82) is 0 Å². The maximum absolute atomic E-state index is 11.8. The fraction of sp³-hybridized carbons (Fsp3) is 0. The summed E-state index contributed by atoms with van der Waals surface area (Å²) in [7, 11) is 0. The van der Waals surface area contributed by atoms with Gasteiger partial charge in [0.15, 0.2) is 0 Å². The molecule has 0 spiro atoms. The molecule has 4 rings (SSSR count). The number of rotatable bonds is 4. The number of nitrogens with one attached hydrogen (secondary N) is 1. The zero-order chi connectivity index (χ0) is 18.1. The predicted molar refractivity (Wildman–Crippen MR) is 101 cm³/mol. The lowest BCUT2D eigenvalue weighted by Crippen LogP contribution is -2.07. The summed E-state index contributed by atoms with van der Waals surface area (Å²) in [6, 6.07) is 14.6. The lowest BCUT2D eigenvalue weighted by atomic mass is 10.3. The number of imidazole rings is 1. The number of anilines is 2. The molecule has 0 unspecified atom stereocenters. The third-order valence-corrected chi connectivity index (χ3v) is 4.30. The SMILES string of the molecule is O=[N+]([O-])c1c(Nc2ccc(Br)cc2)ncnc1-n1cnc2ccccc21. The van der Waals surface area contributed by atoms with Gasteiger partial charge in [-0.2, -0.15) is 0 Å². The van der Waals surface area contributed by atoms with E-state index < -0.39 is 4.92 Å². The monoisotopic (exact) mass is 410 g/mol. The molecule has 2 heterocycles. The Balaban J connectivity index is 1.86. The van der Waals surface area contributed by atoms with Gasteiger partial charge in [-0.1, -0.05) is 28.1 Å². The van der Waals surface area contributed by atoms with Crippen molar-refractivity contribution in [3.63, 3.8) is 0 Å². The Bertz CT molecular complexity index is 1110. The van der Waals surface area contributed by atoms with Gasteiger partial charge in [0.05, 0.1) is 16.0 Å². The normalized spacial score (nSPS) is 10.8. The van der Waals surface area contributed by atoms with Crippen molar-refractivity contribution in [1.82, 2.24) is 19.5 Å². The highest BCUT2D eigenvalue weighted by atomic mass is 79.9. The molecule has 26 heavy (non-hydrogen) atoms.